The molecule has 0 unspecified atom stereocenters. The van der Waals surface area contributed by atoms with Gasteiger partial charge in [0.1, 0.15) is 5.82 Å². The van der Waals surface area contributed by atoms with Gasteiger partial charge in [-0.2, -0.15) is 0 Å². The minimum atomic E-state index is -0.388. The van der Waals surface area contributed by atoms with Crippen molar-refractivity contribution in [1.82, 2.24) is 14.5 Å². The van der Waals surface area contributed by atoms with Gasteiger partial charge in [-0.15, -0.1) is 0 Å². The quantitative estimate of drug-likeness (QED) is 0.161. The largest absolute Gasteiger partial charge is 0.309 e. The first kappa shape index (κ1) is 41.3. The van der Waals surface area contributed by atoms with E-state index in [9.17, 15) is 0 Å². The van der Waals surface area contributed by atoms with E-state index in [1.54, 1.807) is 0 Å². The number of fused-ring (bicyclic) bond motifs is 16. The lowest BCUT2D eigenvalue weighted by Gasteiger charge is -2.30. The summed E-state index contributed by atoms with van der Waals surface area (Å²) in [6, 6.07) is 78.7. The highest BCUT2D eigenvalue weighted by molar-refractivity contribution is 6.27. The number of pyridine rings is 2. The standard InChI is InChI=1S/C70H46N4/c1-70(2)59-41-57-52-23-9-7-21-50(52)49-20-6-8-22-51(49)56(57)40-58(59)53-35-36-55-65-61(25-12-26-62(65)74(69(55)66(53)70)63-38-32-47-28-27-46-19-13-39-71-67(46)68(47)72-63)73(48-33-29-43(30-34-48)42-14-4-3-5-15-42)60-37-31-45-17-10-16-44-18-11-24-54(60)64(44)45/h3-23,25-41H,24H2,1-2H3. The van der Waals surface area contributed by atoms with E-state index in [1.165, 1.54) is 110 Å². The van der Waals surface area contributed by atoms with Crippen LogP contribution in [0.3, 0.4) is 0 Å². The highest BCUT2D eigenvalue weighted by Gasteiger charge is 2.40. The molecule has 3 aromatic heterocycles. The molecule has 0 aliphatic heterocycles. The summed E-state index contributed by atoms with van der Waals surface area (Å²) >= 11 is 0. The van der Waals surface area contributed by atoms with Crippen molar-refractivity contribution in [2.24, 2.45) is 0 Å². The van der Waals surface area contributed by atoms with Crippen LogP contribution in [0.1, 0.15) is 36.1 Å². The van der Waals surface area contributed by atoms with E-state index in [0.29, 0.717) is 0 Å². The van der Waals surface area contributed by atoms with Gasteiger partial charge in [0.05, 0.1) is 33.4 Å². The number of rotatable bonds is 5. The van der Waals surface area contributed by atoms with Gasteiger partial charge < -0.3 is 4.90 Å². The first-order chi connectivity index (χ1) is 36.5. The Hall–Kier alpha value is -9.38. The number of aromatic nitrogens is 3. The molecule has 4 heteroatoms. The fourth-order valence-electron chi connectivity index (χ4n) is 13.3. The predicted molar refractivity (Wildman–Crippen MR) is 312 cm³/mol. The molecule has 0 bridgehead atoms. The molecule has 14 aromatic rings. The molecule has 0 spiro atoms. The molecule has 0 fully saturated rings. The third kappa shape index (κ3) is 5.73. The molecule has 16 rings (SSSR count). The van der Waals surface area contributed by atoms with E-state index in [1.807, 2.05) is 12.3 Å². The van der Waals surface area contributed by atoms with Crippen LogP contribution in [0.4, 0.5) is 17.1 Å². The second-order valence-corrected chi connectivity index (χ2v) is 20.8. The molecule has 0 atom stereocenters. The molecule has 11 aromatic carbocycles. The monoisotopic (exact) mass is 942 g/mol. The van der Waals surface area contributed by atoms with Gasteiger partial charge in [-0.05, 0) is 155 Å². The van der Waals surface area contributed by atoms with Crippen LogP contribution in [0.15, 0.2) is 225 Å². The van der Waals surface area contributed by atoms with Crippen molar-refractivity contribution in [3.63, 3.8) is 0 Å². The topological polar surface area (TPSA) is 34.0 Å². The van der Waals surface area contributed by atoms with Gasteiger partial charge in [0.2, 0.25) is 0 Å². The van der Waals surface area contributed by atoms with Crippen molar-refractivity contribution in [2.75, 3.05) is 4.90 Å². The Kier molecular flexibility index (Phi) is 8.54. The van der Waals surface area contributed by atoms with Crippen LogP contribution < -0.4 is 4.90 Å². The normalized spacial score (nSPS) is 13.5. The molecule has 3 heterocycles. The molecular formula is C70H46N4. The lowest BCUT2D eigenvalue weighted by atomic mass is 9.80. The van der Waals surface area contributed by atoms with Gasteiger partial charge in [-0.1, -0.05) is 178 Å². The Morgan fingerprint density at radius 2 is 1.16 bits per heavy atom. The maximum absolute atomic E-state index is 5.67. The van der Waals surface area contributed by atoms with Crippen LogP contribution in [-0.4, -0.2) is 14.5 Å². The molecule has 74 heavy (non-hydrogen) atoms. The zero-order valence-electron chi connectivity index (χ0n) is 40.9. The van der Waals surface area contributed by atoms with Crippen molar-refractivity contribution >= 4 is 110 Å². The summed E-state index contributed by atoms with van der Waals surface area (Å²) in [5.41, 5.74) is 17.2. The van der Waals surface area contributed by atoms with Crippen LogP contribution in [0, 0.1) is 0 Å². The van der Waals surface area contributed by atoms with Crippen LogP contribution in [0.5, 0.6) is 0 Å². The number of anilines is 3. The maximum Gasteiger partial charge on any atom is 0.138 e. The molecule has 4 nitrogen and oxygen atoms in total. The van der Waals surface area contributed by atoms with Gasteiger partial charge in [0, 0.05) is 38.8 Å². The Morgan fingerprint density at radius 1 is 0.486 bits per heavy atom. The second kappa shape index (κ2) is 15.3. The van der Waals surface area contributed by atoms with Gasteiger partial charge in [0.15, 0.2) is 0 Å². The Bertz CT molecular complexity index is 4770. The summed E-state index contributed by atoms with van der Waals surface area (Å²) in [5.74, 6) is 0.865. The molecule has 2 aliphatic rings. The van der Waals surface area contributed by atoms with E-state index < -0.39 is 0 Å². The highest BCUT2D eigenvalue weighted by atomic mass is 15.2. The number of hydrogen-bond donors (Lipinski definition) is 0. The smallest absolute Gasteiger partial charge is 0.138 e. The van der Waals surface area contributed by atoms with Crippen LogP contribution in [-0.2, 0) is 11.8 Å². The third-order valence-electron chi connectivity index (χ3n) is 16.5. The number of nitrogens with zero attached hydrogens (tertiary/aromatic N) is 4. The summed E-state index contributed by atoms with van der Waals surface area (Å²) < 4.78 is 2.48. The fraction of sp³-hybridized carbons (Fsp3) is 0.0571. The van der Waals surface area contributed by atoms with Crippen LogP contribution in [0.25, 0.3) is 121 Å². The average Bonchev–Trinajstić information content (AvgIpc) is 3.97. The Morgan fingerprint density at radius 3 is 1.96 bits per heavy atom. The summed E-state index contributed by atoms with van der Waals surface area (Å²) in [4.78, 5) is 13.1. The van der Waals surface area contributed by atoms with Gasteiger partial charge in [-0.25, -0.2) is 4.98 Å². The number of allylic oxidation sites excluding steroid dienone is 1. The zero-order chi connectivity index (χ0) is 48.8. The van der Waals surface area contributed by atoms with Crippen molar-refractivity contribution in [3.8, 4) is 28.1 Å². The molecule has 2 aliphatic carbocycles. The molecule has 0 N–H and O–H groups in total. The Labute approximate surface area is 427 Å². The average molecular weight is 943 g/mol. The zero-order valence-corrected chi connectivity index (χ0v) is 40.9. The lowest BCUT2D eigenvalue weighted by Crippen LogP contribution is -2.16. The summed E-state index contributed by atoms with van der Waals surface area (Å²) in [5, 5.41) is 14.8. The fourth-order valence-corrected chi connectivity index (χ4v) is 13.3. The number of hydrogen-bond acceptors (Lipinski definition) is 3. The van der Waals surface area contributed by atoms with Gasteiger partial charge >= 0.3 is 0 Å². The summed E-state index contributed by atoms with van der Waals surface area (Å²) in [6.07, 6.45) is 7.33. The first-order valence-electron chi connectivity index (χ1n) is 25.8. The van der Waals surface area contributed by atoms with Gasteiger partial charge in [0.25, 0.3) is 0 Å². The van der Waals surface area contributed by atoms with Crippen molar-refractivity contribution < 1.29 is 0 Å². The van der Waals surface area contributed by atoms with E-state index in [-0.39, 0.29) is 5.41 Å². The Balaban J connectivity index is 1.02. The van der Waals surface area contributed by atoms with Crippen molar-refractivity contribution in [3.05, 3.63) is 247 Å². The van der Waals surface area contributed by atoms with Crippen molar-refractivity contribution in [2.45, 2.75) is 25.7 Å². The molecule has 346 valence electrons. The molecule has 0 saturated heterocycles. The third-order valence-corrected chi connectivity index (χ3v) is 16.5. The van der Waals surface area contributed by atoms with E-state index in [2.05, 4.69) is 242 Å². The summed E-state index contributed by atoms with van der Waals surface area (Å²) in [6.45, 7) is 4.87. The van der Waals surface area contributed by atoms with Crippen LogP contribution >= 0.6 is 0 Å². The minimum absolute atomic E-state index is 0.388. The molecular weight excluding hydrogens is 897 g/mol. The van der Waals surface area contributed by atoms with Gasteiger partial charge in [-0.3, -0.25) is 9.55 Å². The molecule has 0 saturated carbocycles. The van der Waals surface area contributed by atoms with Crippen LogP contribution in [0.2, 0.25) is 0 Å². The summed E-state index contributed by atoms with van der Waals surface area (Å²) in [7, 11) is 0. The van der Waals surface area contributed by atoms with E-state index in [4.69, 9.17) is 9.97 Å². The molecule has 0 radical (unpaired) electrons. The van der Waals surface area contributed by atoms with E-state index >= 15 is 0 Å². The lowest BCUT2D eigenvalue weighted by molar-refractivity contribution is 0.664. The SMILES string of the molecule is CC1(C)c2cc3c4ccccc4c4ccccc4c3cc2-c2ccc3c4c(N(c5ccc(-c6ccccc6)cc5)c5ccc6cccc7c6c5CC=C7)cccc4n(-c4ccc5ccc6cccnc6c5n4)c3c21. The van der Waals surface area contributed by atoms with E-state index in [0.717, 1.165) is 50.9 Å². The highest BCUT2D eigenvalue weighted by Crippen LogP contribution is 2.56. The predicted octanol–water partition coefficient (Wildman–Crippen LogP) is 18.5. The molecule has 0 amide bonds. The van der Waals surface area contributed by atoms with Crippen molar-refractivity contribution in [1.29, 1.82) is 0 Å². The first-order valence-corrected chi connectivity index (χ1v) is 25.8. The second-order valence-electron chi connectivity index (χ2n) is 20.8. The number of benzene rings is 11. The minimum Gasteiger partial charge on any atom is -0.309 e. The maximum atomic E-state index is 5.67.